The third-order valence-electron chi connectivity index (χ3n) is 3.92. The minimum absolute atomic E-state index is 0.519. The number of aromatic nitrogens is 3. The van der Waals surface area contributed by atoms with Gasteiger partial charge in [-0.15, -0.1) is 0 Å². The topological polar surface area (TPSA) is 76.7 Å². The number of hydrogen-bond acceptors (Lipinski definition) is 6. The van der Waals surface area contributed by atoms with E-state index in [1.165, 1.54) is 18.1 Å². The van der Waals surface area contributed by atoms with Gasteiger partial charge in [0, 0.05) is 16.0 Å². The second-order valence-corrected chi connectivity index (χ2v) is 6.87. The Balaban J connectivity index is 1.69. The highest BCUT2D eigenvalue weighted by molar-refractivity contribution is 7.99. The quantitative estimate of drug-likeness (QED) is 0.509. The number of pyridine rings is 1. The molecule has 26 heavy (non-hydrogen) atoms. The van der Waals surface area contributed by atoms with Gasteiger partial charge in [0.15, 0.2) is 5.82 Å². The number of nitrogen functional groups attached to an aromatic ring is 1. The molecule has 4 rings (SSSR count). The third-order valence-corrected chi connectivity index (χ3v) is 4.94. The molecule has 128 valence electrons. The van der Waals surface area contributed by atoms with E-state index in [4.69, 9.17) is 5.73 Å². The molecule has 0 radical (unpaired) electrons. The van der Waals surface area contributed by atoms with Crippen LogP contribution in [0.1, 0.15) is 5.69 Å². The average Bonchev–Trinajstić information content (AvgIpc) is 2.66. The van der Waals surface area contributed by atoms with Crippen molar-refractivity contribution in [3.05, 3.63) is 72.7 Å². The molecule has 6 heteroatoms. The first-order valence-electron chi connectivity index (χ1n) is 8.17. The maximum absolute atomic E-state index is 6.32. The first kappa shape index (κ1) is 16.4. The zero-order valence-electron chi connectivity index (χ0n) is 14.2. The van der Waals surface area contributed by atoms with Crippen LogP contribution < -0.4 is 11.1 Å². The van der Waals surface area contributed by atoms with Crippen LogP contribution >= 0.6 is 11.8 Å². The van der Waals surface area contributed by atoms with Gasteiger partial charge in [-0.3, -0.25) is 4.98 Å². The average molecular weight is 359 g/mol. The van der Waals surface area contributed by atoms with Gasteiger partial charge in [0.05, 0.1) is 11.2 Å². The van der Waals surface area contributed by atoms with Gasteiger partial charge in [0.2, 0.25) is 0 Å². The smallest absolute Gasteiger partial charge is 0.158 e. The van der Waals surface area contributed by atoms with Gasteiger partial charge < -0.3 is 11.1 Å². The van der Waals surface area contributed by atoms with E-state index in [1.54, 1.807) is 0 Å². The van der Waals surface area contributed by atoms with Gasteiger partial charge in [-0.25, -0.2) is 9.97 Å². The Bertz CT molecular complexity index is 1070. The number of fused-ring (bicyclic) bond motifs is 1. The lowest BCUT2D eigenvalue weighted by molar-refractivity contribution is 1.06. The maximum atomic E-state index is 6.32. The molecule has 0 amide bonds. The standard InChI is InChI=1S/C20H17N5S/c1-13-10-11-14-6-5-9-16(18(14)24-13)25-19-17(21)20(23-12-22-19)26-15-7-3-2-4-8-15/h2-12H,21H2,1H3,(H,22,23,25). The zero-order valence-corrected chi connectivity index (χ0v) is 15.0. The highest BCUT2D eigenvalue weighted by Gasteiger charge is 2.11. The van der Waals surface area contributed by atoms with Crippen LogP contribution in [0.2, 0.25) is 0 Å². The summed E-state index contributed by atoms with van der Waals surface area (Å²) in [6.45, 7) is 1.98. The summed E-state index contributed by atoms with van der Waals surface area (Å²) in [7, 11) is 0. The Morgan fingerprint density at radius 2 is 1.77 bits per heavy atom. The predicted molar refractivity (Wildman–Crippen MR) is 107 cm³/mol. The summed E-state index contributed by atoms with van der Waals surface area (Å²) in [5, 5.41) is 5.10. The van der Waals surface area contributed by atoms with Gasteiger partial charge in [-0.05, 0) is 31.2 Å². The Morgan fingerprint density at radius 3 is 2.62 bits per heavy atom. The normalized spacial score (nSPS) is 10.8. The Labute approximate surface area is 155 Å². The van der Waals surface area contributed by atoms with E-state index >= 15 is 0 Å². The van der Waals surface area contributed by atoms with E-state index in [-0.39, 0.29) is 0 Å². The summed E-state index contributed by atoms with van der Waals surface area (Å²) in [6.07, 6.45) is 1.52. The maximum Gasteiger partial charge on any atom is 0.158 e. The molecule has 0 unspecified atom stereocenters. The lowest BCUT2D eigenvalue weighted by atomic mass is 10.1. The van der Waals surface area contributed by atoms with Gasteiger partial charge in [0.25, 0.3) is 0 Å². The molecular weight excluding hydrogens is 342 g/mol. The van der Waals surface area contributed by atoms with E-state index in [2.05, 4.69) is 26.3 Å². The SMILES string of the molecule is Cc1ccc2cccc(Nc3ncnc(Sc4ccccc4)c3N)c2n1. The number of para-hydroxylation sites is 1. The number of aryl methyl sites for hydroxylation is 1. The minimum Gasteiger partial charge on any atom is -0.394 e. The fourth-order valence-corrected chi connectivity index (χ4v) is 3.46. The molecule has 3 N–H and O–H groups in total. The Morgan fingerprint density at radius 1 is 0.923 bits per heavy atom. The summed E-state index contributed by atoms with van der Waals surface area (Å²) in [4.78, 5) is 14.4. The van der Waals surface area contributed by atoms with Crippen LogP contribution in [0.5, 0.6) is 0 Å². The van der Waals surface area contributed by atoms with Crippen LogP contribution in [0.4, 0.5) is 17.2 Å². The molecule has 0 atom stereocenters. The van der Waals surface area contributed by atoms with Crippen molar-refractivity contribution in [1.29, 1.82) is 0 Å². The number of nitrogens with one attached hydrogen (secondary N) is 1. The van der Waals surface area contributed by atoms with Crippen molar-refractivity contribution >= 4 is 39.9 Å². The molecule has 0 aliphatic heterocycles. The van der Waals surface area contributed by atoms with Gasteiger partial charge >= 0.3 is 0 Å². The van der Waals surface area contributed by atoms with Crippen molar-refractivity contribution < 1.29 is 0 Å². The van der Waals surface area contributed by atoms with Crippen molar-refractivity contribution in [2.75, 3.05) is 11.1 Å². The molecule has 0 fully saturated rings. The van der Waals surface area contributed by atoms with Gasteiger partial charge in [-0.1, -0.05) is 48.2 Å². The third kappa shape index (κ3) is 3.32. The molecule has 2 aromatic carbocycles. The van der Waals surface area contributed by atoms with Crippen molar-refractivity contribution in [2.45, 2.75) is 16.8 Å². The largest absolute Gasteiger partial charge is 0.394 e. The van der Waals surface area contributed by atoms with E-state index in [0.29, 0.717) is 11.5 Å². The van der Waals surface area contributed by atoms with Crippen molar-refractivity contribution in [3.8, 4) is 0 Å². The highest BCUT2D eigenvalue weighted by atomic mass is 32.2. The van der Waals surface area contributed by atoms with Crippen LogP contribution in [0, 0.1) is 6.92 Å². The number of rotatable bonds is 4. The molecule has 0 bridgehead atoms. The fourth-order valence-electron chi connectivity index (χ4n) is 2.63. The lowest BCUT2D eigenvalue weighted by Crippen LogP contribution is -2.03. The second-order valence-electron chi connectivity index (χ2n) is 5.81. The molecule has 0 aliphatic rings. The molecule has 5 nitrogen and oxygen atoms in total. The van der Waals surface area contributed by atoms with E-state index in [9.17, 15) is 0 Å². The first-order chi connectivity index (χ1) is 12.7. The minimum atomic E-state index is 0.519. The van der Waals surface area contributed by atoms with Gasteiger partial charge in [0.1, 0.15) is 17.0 Å². The number of benzene rings is 2. The van der Waals surface area contributed by atoms with E-state index in [1.807, 2.05) is 61.5 Å². The van der Waals surface area contributed by atoms with Crippen molar-refractivity contribution in [2.24, 2.45) is 0 Å². The van der Waals surface area contributed by atoms with Gasteiger partial charge in [-0.2, -0.15) is 0 Å². The van der Waals surface area contributed by atoms with Crippen LogP contribution in [-0.4, -0.2) is 15.0 Å². The molecular formula is C20H17N5S. The number of nitrogens with two attached hydrogens (primary N) is 1. The second kappa shape index (κ2) is 7.01. The summed E-state index contributed by atoms with van der Waals surface area (Å²) < 4.78 is 0. The number of anilines is 3. The molecule has 2 heterocycles. The monoisotopic (exact) mass is 359 g/mol. The molecule has 0 spiro atoms. The highest BCUT2D eigenvalue weighted by Crippen LogP contribution is 2.34. The molecule has 4 aromatic rings. The summed E-state index contributed by atoms with van der Waals surface area (Å²) in [5.74, 6) is 0.578. The van der Waals surface area contributed by atoms with Crippen LogP contribution in [0.15, 0.2) is 76.9 Å². The van der Waals surface area contributed by atoms with Crippen LogP contribution in [0.3, 0.4) is 0 Å². The van der Waals surface area contributed by atoms with Crippen LogP contribution in [-0.2, 0) is 0 Å². The first-order valence-corrected chi connectivity index (χ1v) is 8.99. The lowest BCUT2D eigenvalue weighted by Gasteiger charge is -2.12. The van der Waals surface area contributed by atoms with E-state index in [0.717, 1.165) is 32.2 Å². The molecule has 2 aromatic heterocycles. The Hall–Kier alpha value is -3.12. The zero-order chi connectivity index (χ0) is 17.9. The fraction of sp³-hybridized carbons (Fsp3) is 0.0500. The summed E-state index contributed by atoms with van der Waals surface area (Å²) >= 11 is 1.51. The summed E-state index contributed by atoms with van der Waals surface area (Å²) in [6, 6.07) is 20.1. The number of hydrogen-bond donors (Lipinski definition) is 2. The van der Waals surface area contributed by atoms with Crippen molar-refractivity contribution in [1.82, 2.24) is 15.0 Å². The van der Waals surface area contributed by atoms with Crippen molar-refractivity contribution in [3.63, 3.8) is 0 Å². The summed E-state index contributed by atoms with van der Waals surface area (Å²) in [5.41, 5.74) is 9.56. The number of nitrogens with zero attached hydrogens (tertiary/aromatic N) is 3. The molecule has 0 aliphatic carbocycles. The molecule has 0 saturated heterocycles. The van der Waals surface area contributed by atoms with Crippen LogP contribution in [0.25, 0.3) is 10.9 Å². The predicted octanol–water partition coefficient (Wildman–Crippen LogP) is 4.81. The molecule has 0 saturated carbocycles. The Kier molecular flexibility index (Phi) is 4.41. The van der Waals surface area contributed by atoms with E-state index < -0.39 is 0 Å².